The fourth-order valence-electron chi connectivity index (χ4n) is 1.26. The van der Waals surface area contributed by atoms with Crippen molar-refractivity contribution in [3.05, 3.63) is 35.2 Å². The second-order valence-corrected chi connectivity index (χ2v) is 3.26. The molecule has 1 aromatic carbocycles. The number of nitrogens with two attached hydrogens (primary N) is 1. The third-order valence-corrected chi connectivity index (χ3v) is 2.22. The molecule has 1 aromatic heterocycles. The molecule has 2 aromatic rings. The lowest BCUT2D eigenvalue weighted by Crippen LogP contribution is -1.93. The SMILES string of the molecule is NCC#Cc1ccc2ncnc(Cl)c2c1. The van der Waals surface area contributed by atoms with Crippen LogP contribution < -0.4 is 5.73 Å². The highest BCUT2D eigenvalue weighted by Crippen LogP contribution is 2.19. The summed E-state index contributed by atoms with van der Waals surface area (Å²) in [4.78, 5) is 8.01. The molecule has 2 rings (SSSR count). The molecule has 0 aliphatic heterocycles. The molecule has 0 saturated carbocycles. The van der Waals surface area contributed by atoms with Gasteiger partial charge in [-0.25, -0.2) is 9.97 Å². The van der Waals surface area contributed by atoms with Crippen molar-refractivity contribution < 1.29 is 0 Å². The molecular formula is C11H8ClN3. The standard InChI is InChI=1S/C11H8ClN3/c12-11-9-6-8(2-1-5-13)3-4-10(9)14-7-15-11/h3-4,6-7H,5,13H2. The Morgan fingerprint density at radius 3 is 3.00 bits per heavy atom. The smallest absolute Gasteiger partial charge is 0.140 e. The van der Waals surface area contributed by atoms with Crippen LogP contribution in [0.5, 0.6) is 0 Å². The molecule has 0 unspecified atom stereocenters. The fourth-order valence-corrected chi connectivity index (χ4v) is 1.45. The molecule has 0 bridgehead atoms. The van der Waals surface area contributed by atoms with Gasteiger partial charge in [-0.15, -0.1) is 0 Å². The number of fused-ring (bicyclic) bond motifs is 1. The van der Waals surface area contributed by atoms with Crippen LogP contribution in [0.3, 0.4) is 0 Å². The molecule has 74 valence electrons. The quantitative estimate of drug-likeness (QED) is 0.539. The molecule has 3 nitrogen and oxygen atoms in total. The topological polar surface area (TPSA) is 51.8 Å². The predicted octanol–water partition coefficient (Wildman–Crippen LogP) is 1.59. The second kappa shape index (κ2) is 4.26. The van der Waals surface area contributed by atoms with E-state index in [9.17, 15) is 0 Å². The van der Waals surface area contributed by atoms with E-state index in [0.717, 1.165) is 16.5 Å². The summed E-state index contributed by atoms with van der Waals surface area (Å²) < 4.78 is 0. The maximum Gasteiger partial charge on any atom is 0.140 e. The van der Waals surface area contributed by atoms with E-state index in [1.807, 2.05) is 18.2 Å². The van der Waals surface area contributed by atoms with Crippen LogP contribution in [-0.2, 0) is 0 Å². The molecule has 0 fully saturated rings. The van der Waals surface area contributed by atoms with E-state index >= 15 is 0 Å². The highest BCUT2D eigenvalue weighted by atomic mass is 35.5. The third kappa shape index (κ3) is 2.07. The summed E-state index contributed by atoms with van der Waals surface area (Å²) in [6.07, 6.45) is 1.44. The first-order valence-electron chi connectivity index (χ1n) is 4.40. The van der Waals surface area contributed by atoms with Gasteiger partial charge in [0.25, 0.3) is 0 Å². The van der Waals surface area contributed by atoms with Crippen LogP contribution in [0, 0.1) is 11.8 Å². The van der Waals surface area contributed by atoms with Gasteiger partial charge >= 0.3 is 0 Å². The van der Waals surface area contributed by atoms with Gasteiger partial charge in [0, 0.05) is 10.9 Å². The number of hydrogen-bond acceptors (Lipinski definition) is 3. The summed E-state index contributed by atoms with van der Waals surface area (Å²) in [5, 5.41) is 1.25. The van der Waals surface area contributed by atoms with Gasteiger partial charge in [-0.05, 0) is 18.2 Å². The zero-order valence-electron chi connectivity index (χ0n) is 7.87. The summed E-state index contributed by atoms with van der Waals surface area (Å²) >= 11 is 5.94. The Labute approximate surface area is 92.3 Å². The number of halogens is 1. The lowest BCUT2D eigenvalue weighted by Gasteiger charge is -1.98. The van der Waals surface area contributed by atoms with Crippen molar-refractivity contribution >= 4 is 22.5 Å². The molecule has 0 amide bonds. The molecule has 4 heteroatoms. The van der Waals surface area contributed by atoms with Gasteiger partial charge in [-0.3, -0.25) is 0 Å². The number of aromatic nitrogens is 2. The number of hydrogen-bond donors (Lipinski definition) is 1. The van der Waals surface area contributed by atoms with Crippen molar-refractivity contribution in [3.63, 3.8) is 0 Å². The normalized spacial score (nSPS) is 9.73. The highest BCUT2D eigenvalue weighted by molar-refractivity contribution is 6.34. The van der Waals surface area contributed by atoms with E-state index < -0.39 is 0 Å². The molecular weight excluding hydrogens is 210 g/mol. The van der Waals surface area contributed by atoms with Gasteiger partial charge in [0.15, 0.2) is 0 Å². The third-order valence-electron chi connectivity index (χ3n) is 1.92. The van der Waals surface area contributed by atoms with Gasteiger partial charge in [-0.1, -0.05) is 23.4 Å². The lowest BCUT2D eigenvalue weighted by atomic mass is 10.1. The molecule has 2 N–H and O–H groups in total. The van der Waals surface area contributed by atoms with Crippen LogP contribution in [0.1, 0.15) is 5.56 Å². The van der Waals surface area contributed by atoms with Gasteiger partial charge < -0.3 is 5.73 Å². The van der Waals surface area contributed by atoms with Crippen molar-refractivity contribution in [2.75, 3.05) is 6.54 Å². The van der Waals surface area contributed by atoms with Gasteiger partial charge in [0.1, 0.15) is 11.5 Å². The summed E-state index contributed by atoms with van der Waals surface area (Å²) in [5.74, 6) is 5.72. The minimum atomic E-state index is 0.344. The zero-order chi connectivity index (χ0) is 10.7. The first-order valence-corrected chi connectivity index (χ1v) is 4.78. The molecule has 0 aliphatic rings. The molecule has 15 heavy (non-hydrogen) atoms. The zero-order valence-corrected chi connectivity index (χ0v) is 8.62. The Hall–Kier alpha value is -1.63. The van der Waals surface area contributed by atoms with Crippen molar-refractivity contribution in [1.82, 2.24) is 9.97 Å². The largest absolute Gasteiger partial charge is 0.320 e. The van der Waals surface area contributed by atoms with Crippen molar-refractivity contribution in [3.8, 4) is 11.8 Å². The molecule has 0 aliphatic carbocycles. The fraction of sp³-hybridized carbons (Fsp3) is 0.0909. The van der Waals surface area contributed by atoms with Gasteiger partial charge in [0.2, 0.25) is 0 Å². The van der Waals surface area contributed by atoms with Crippen molar-refractivity contribution in [2.45, 2.75) is 0 Å². The first-order chi connectivity index (χ1) is 7.31. The average molecular weight is 218 g/mol. The second-order valence-electron chi connectivity index (χ2n) is 2.90. The predicted molar refractivity (Wildman–Crippen MR) is 60.5 cm³/mol. The van der Waals surface area contributed by atoms with Crippen molar-refractivity contribution in [1.29, 1.82) is 0 Å². The first kappa shape index (κ1) is 9.91. The van der Waals surface area contributed by atoms with Crippen LogP contribution in [0.2, 0.25) is 5.15 Å². The average Bonchev–Trinajstić information content (AvgIpc) is 2.27. The minimum absolute atomic E-state index is 0.344. The van der Waals surface area contributed by atoms with E-state index in [2.05, 4.69) is 21.8 Å². The Balaban J connectivity index is 2.59. The van der Waals surface area contributed by atoms with E-state index in [1.54, 1.807) is 0 Å². The van der Waals surface area contributed by atoms with Gasteiger partial charge in [-0.2, -0.15) is 0 Å². The molecule has 1 heterocycles. The summed E-state index contributed by atoms with van der Waals surface area (Å²) in [6, 6.07) is 5.61. The van der Waals surface area contributed by atoms with Crippen LogP contribution in [-0.4, -0.2) is 16.5 Å². The van der Waals surface area contributed by atoms with Crippen LogP contribution in [0.25, 0.3) is 10.9 Å². The Morgan fingerprint density at radius 2 is 2.20 bits per heavy atom. The summed E-state index contributed by atoms with van der Waals surface area (Å²) in [6.45, 7) is 0.344. The molecule has 0 atom stereocenters. The number of rotatable bonds is 0. The number of benzene rings is 1. The van der Waals surface area contributed by atoms with Crippen LogP contribution in [0.4, 0.5) is 0 Å². The van der Waals surface area contributed by atoms with E-state index in [-0.39, 0.29) is 0 Å². The number of nitrogens with zero attached hydrogens (tertiary/aromatic N) is 2. The molecule has 0 radical (unpaired) electrons. The van der Waals surface area contributed by atoms with Crippen LogP contribution in [0.15, 0.2) is 24.5 Å². The Morgan fingerprint density at radius 1 is 1.33 bits per heavy atom. The van der Waals surface area contributed by atoms with Crippen molar-refractivity contribution in [2.24, 2.45) is 5.73 Å². The lowest BCUT2D eigenvalue weighted by molar-refractivity contribution is 1.22. The maximum absolute atomic E-state index is 5.94. The van der Waals surface area contributed by atoms with Gasteiger partial charge in [0.05, 0.1) is 12.1 Å². The summed E-state index contributed by atoms with van der Waals surface area (Å²) in [5.41, 5.74) is 6.97. The Kier molecular flexibility index (Phi) is 2.82. The highest BCUT2D eigenvalue weighted by Gasteiger charge is 2.00. The van der Waals surface area contributed by atoms with E-state index in [0.29, 0.717) is 11.7 Å². The Bertz CT molecular complexity index is 554. The monoisotopic (exact) mass is 217 g/mol. The van der Waals surface area contributed by atoms with E-state index in [4.69, 9.17) is 17.3 Å². The maximum atomic E-state index is 5.94. The van der Waals surface area contributed by atoms with Crippen LogP contribution >= 0.6 is 11.6 Å². The summed E-state index contributed by atoms with van der Waals surface area (Å²) in [7, 11) is 0. The molecule has 0 spiro atoms. The molecule has 0 saturated heterocycles. The van der Waals surface area contributed by atoms with E-state index in [1.165, 1.54) is 6.33 Å². The minimum Gasteiger partial charge on any atom is -0.320 e.